The molecule has 0 radical (unpaired) electrons. The Morgan fingerprint density at radius 2 is 2.00 bits per heavy atom. The first-order chi connectivity index (χ1) is 7.69. The van der Waals surface area contributed by atoms with Crippen LogP contribution >= 0.6 is 0 Å². The van der Waals surface area contributed by atoms with Crippen molar-refractivity contribution >= 4 is 11.8 Å². The topological polar surface area (TPSA) is 3.24 Å². The first-order valence-corrected chi connectivity index (χ1v) is 5.87. The van der Waals surface area contributed by atoms with Gasteiger partial charge in [-0.2, -0.15) is 0 Å². The zero-order valence-electron chi connectivity index (χ0n) is 9.75. The minimum atomic E-state index is -0.175. The minimum absolute atomic E-state index is 0.175. The third-order valence-corrected chi connectivity index (χ3v) is 3.29. The molecule has 0 amide bonds. The van der Waals surface area contributed by atoms with Crippen LogP contribution in [0.15, 0.2) is 24.8 Å². The van der Waals surface area contributed by atoms with Gasteiger partial charge >= 0.3 is 0 Å². The highest BCUT2D eigenvalue weighted by molar-refractivity contribution is 5.57. The van der Waals surface area contributed by atoms with Crippen molar-refractivity contribution in [3.63, 3.8) is 0 Å². The van der Waals surface area contributed by atoms with Crippen LogP contribution in [0.5, 0.6) is 0 Å². The first kappa shape index (κ1) is 11.2. The summed E-state index contributed by atoms with van der Waals surface area (Å²) in [6.07, 6.45) is 4.08. The minimum Gasteiger partial charge on any atom is -0.371 e. The molecule has 1 saturated heterocycles. The lowest BCUT2D eigenvalue weighted by Gasteiger charge is -2.32. The van der Waals surface area contributed by atoms with Gasteiger partial charge in [0, 0.05) is 18.8 Å². The number of halogens is 1. The Balaban J connectivity index is 2.19. The van der Waals surface area contributed by atoms with Crippen LogP contribution in [0, 0.1) is 11.7 Å². The maximum absolute atomic E-state index is 13.4. The van der Waals surface area contributed by atoms with Crippen molar-refractivity contribution in [2.75, 3.05) is 18.0 Å². The van der Waals surface area contributed by atoms with Gasteiger partial charge in [-0.25, -0.2) is 4.39 Å². The van der Waals surface area contributed by atoms with E-state index < -0.39 is 0 Å². The molecule has 1 fully saturated rings. The van der Waals surface area contributed by atoms with E-state index in [9.17, 15) is 4.39 Å². The summed E-state index contributed by atoms with van der Waals surface area (Å²) >= 11 is 0. The monoisotopic (exact) mass is 219 g/mol. The van der Waals surface area contributed by atoms with Gasteiger partial charge in [0.1, 0.15) is 5.82 Å². The average Bonchev–Trinajstić information content (AvgIpc) is 2.29. The Labute approximate surface area is 96.6 Å². The van der Waals surface area contributed by atoms with E-state index in [2.05, 4.69) is 18.4 Å². The third kappa shape index (κ3) is 2.43. The normalized spacial score (nSPS) is 17.5. The molecule has 0 saturated carbocycles. The van der Waals surface area contributed by atoms with Gasteiger partial charge in [-0.15, -0.1) is 0 Å². The van der Waals surface area contributed by atoms with Crippen molar-refractivity contribution < 1.29 is 4.39 Å². The molecule has 1 aromatic rings. The molecule has 1 aliphatic rings. The summed E-state index contributed by atoms with van der Waals surface area (Å²) in [6, 6.07) is 5.14. The summed E-state index contributed by atoms with van der Waals surface area (Å²) in [6.45, 7) is 8.02. The molecule has 86 valence electrons. The average molecular weight is 219 g/mol. The molecule has 1 nitrogen and oxygen atoms in total. The number of benzene rings is 1. The predicted molar refractivity (Wildman–Crippen MR) is 67.1 cm³/mol. The van der Waals surface area contributed by atoms with E-state index >= 15 is 0 Å². The first-order valence-electron chi connectivity index (χ1n) is 5.87. The predicted octanol–water partition coefficient (Wildman–Crippen LogP) is 3.71. The van der Waals surface area contributed by atoms with E-state index in [1.54, 1.807) is 12.1 Å². The lowest BCUT2D eigenvalue weighted by atomic mass is 9.98. The fraction of sp³-hybridized carbons (Fsp3) is 0.429. The molecule has 0 unspecified atom stereocenters. The molecule has 1 aliphatic heterocycles. The lowest BCUT2D eigenvalue weighted by molar-refractivity contribution is 0.438. The van der Waals surface area contributed by atoms with Crippen molar-refractivity contribution in [1.29, 1.82) is 0 Å². The second-order valence-corrected chi connectivity index (χ2v) is 4.62. The zero-order chi connectivity index (χ0) is 11.5. The highest BCUT2D eigenvalue weighted by atomic mass is 19.1. The Kier molecular flexibility index (Phi) is 3.28. The van der Waals surface area contributed by atoms with Gasteiger partial charge in [0.25, 0.3) is 0 Å². The molecule has 2 rings (SSSR count). The number of nitrogens with zero attached hydrogens (tertiary/aromatic N) is 1. The van der Waals surface area contributed by atoms with E-state index in [0.29, 0.717) is 0 Å². The second kappa shape index (κ2) is 4.69. The number of anilines is 1. The van der Waals surface area contributed by atoms with E-state index in [0.717, 1.165) is 30.3 Å². The Morgan fingerprint density at radius 3 is 2.62 bits per heavy atom. The largest absolute Gasteiger partial charge is 0.371 e. The van der Waals surface area contributed by atoms with Gasteiger partial charge in [0.05, 0.1) is 0 Å². The van der Waals surface area contributed by atoms with Crippen LogP contribution in [0.4, 0.5) is 10.1 Å². The van der Waals surface area contributed by atoms with Crippen LogP contribution in [0.25, 0.3) is 6.08 Å². The van der Waals surface area contributed by atoms with Crippen molar-refractivity contribution in [2.24, 2.45) is 5.92 Å². The fourth-order valence-electron chi connectivity index (χ4n) is 2.16. The Bertz CT molecular complexity index is 378. The van der Waals surface area contributed by atoms with Crippen LogP contribution < -0.4 is 4.90 Å². The smallest absolute Gasteiger partial charge is 0.125 e. The number of rotatable bonds is 2. The maximum atomic E-state index is 13.4. The molecule has 0 N–H and O–H groups in total. The number of hydrogen-bond donors (Lipinski definition) is 0. The molecular formula is C14H18FN. The van der Waals surface area contributed by atoms with Gasteiger partial charge < -0.3 is 4.90 Å². The molecule has 2 heteroatoms. The molecule has 0 aromatic heterocycles. The summed E-state index contributed by atoms with van der Waals surface area (Å²) in [5, 5.41) is 0. The SMILES string of the molecule is C=Cc1cc(F)cc(N2CCC(C)CC2)c1. The van der Waals surface area contributed by atoms with Crippen LogP contribution in [-0.4, -0.2) is 13.1 Å². The quantitative estimate of drug-likeness (QED) is 0.733. The zero-order valence-corrected chi connectivity index (χ0v) is 9.75. The summed E-state index contributed by atoms with van der Waals surface area (Å²) < 4.78 is 13.4. The molecule has 0 bridgehead atoms. The van der Waals surface area contributed by atoms with Crippen molar-refractivity contribution in [2.45, 2.75) is 19.8 Å². The van der Waals surface area contributed by atoms with Gasteiger partial charge in [-0.1, -0.05) is 19.6 Å². The summed E-state index contributed by atoms with van der Waals surface area (Å²) in [4.78, 5) is 2.26. The molecule has 1 aromatic carbocycles. The van der Waals surface area contributed by atoms with E-state index in [4.69, 9.17) is 0 Å². The van der Waals surface area contributed by atoms with Crippen LogP contribution in [0.1, 0.15) is 25.3 Å². The van der Waals surface area contributed by atoms with Crippen molar-refractivity contribution in [3.05, 3.63) is 36.2 Å². The third-order valence-electron chi connectivity index (χ3n) is 3.29. The fourth-order valence-corrected chi connectivity index (χ4v) is 2.16. The van der Waals surface area contributed by atoms with Gasteiger partial charge in [0.15, 0.2) is 0 Å². The van der Waals surface area contributed by atoms with E-state index in [-0.39, 0.29) is 5.82 Å². The van der Waals surface area contributed by atoms with Crippen LogP contribution in [0.2, 0.25) is 0 Å². The Hall–Kier alpha value is -1.31. The molecule has 0 spiro atoms. The maximum Gasteiger partial charge on any atom is 0.125 e. The highest BCUT2D eigenvalue weighted by Gasteiger charge is 2.16. The van der Waals surface area contributed by atoms with E-state index in [1.807, 2.05) is 6.07 Å². The van der Waals surface area contributed by atoms with Gasteiger partial charge in [-0.05, 0) is 42.5 Å². The number of piperidine rings is 1. The summed E-state index contributed by atoms with van der Waals surface area (Å²) in [5.74, 6) is 0.620. The Morgan fingerprint density at radius 1 is 1.31 bits per heavy atom. The molecule has 16 heavy (non-hydrogen) atoms. The van der Waals surface area contributed by atoms with Gasteiger partial charge in [-0.3, -0.25) is 0 Å². The van der Waals surface area contributed by atoms with Crippen LogP contribution in [-0.2, 0) is 0 Å². The second-order valence-electron chi connectivity index (χ2n) is 4.62. The van der Waals surface area contributed by atoms with Gasteiger partial charge in [0.2, 0.25) is 0 Å². The van der Waals surface area contributed by atoms with Crippen LogP contribution in [0.3, 0.4) is 0 Å². The number of hydrogen-bond acceptors (Lipinski definition) is 1. The van der Waals surface area contributed by atoms with E-state index in [1.165, 1.54) is 18.9 Å². The summed E-state index contributed by atoms with van der Waals surface area (Å²) in [5.41, 5.74) is 1.84. The molecule has 0 atom stereocenters. The lowest BCUT2D eigenvalue weighted by Crippen LogP contribution is -2.32. The molecule has 1 heterocycles. The highest BCUT2D eigenvalue weighted by Crippen LogP contribution is 2.25. The molecular weight excluding hydrogens is 201 g/mol. The summed E-state index contributed by atoms with van der Waals surface area (Å²) in [7, 11) is 0. The van der Waals surface area contributed by atoms with Crippen molar-refractivity contribution in [1.82, 2.24) is 0 Å². The van der Waals surface area contributed by atoms with Crippen molar-refractivity contribution in [3.8, 4) is 0 Å². The molecule has 0 aliphatic carbocycles. The standard InChI is InChI=1S/C14H18FN/c1-3-12-8-13(15)10-14(9-12)16-6-4-11(2)5-7-16/h3,8-11H,1,4-7H2,2H3.